The molecule has 44 heavy (non-hydrogen) atoms. The Morgan fingerprint density at radius 3 is 2.20 bits per heavy atom. The Bertz CT molecular complexity index is 1700. The number of halogens is 6. The molecule has 1 aliphatic rings. The first-order valence-electron chi connectivity index (χ1n) is 13.3. The summed E-state index contributed by atoms with van der Waals surface area (Å²) in [7, 11) is 0. The topological polar surface area (TPSA) is 99.6 Å². The van der Waals surface area contributed by atoms with Gasteiger partial charge in [0.25, 0.3) is 0 Å². The van der Waals surface area contributed by atoms with Crippen LogP contribution >= 0.6 is 11.6 Å². The van der Waals surface area contributed by atoms with Gasteiger partial charge in [0.2, 0.25) is 5.91 Å². The van der Waals surface area contributed by atoms with Crippen LogP contribution in [0.25, 0.3) is 22.4 Å². The molecule has 4 aromatic rings. The summed E-state index contributed by atoms with van der Waals surface area (Å²) in [5.74, 6) is -2.18. The van der Waals surface area contributed by atoms with Gasteiger partial charge in [0.05, 0.1) is 28.2 Å². The highest BCUT2D eigenvalue weighted by atomic mass is 35.5. The summed E-state index contributed by atoms with van der Waals surface area (Å²) in [5, 5.41) is 4.43. The van der Waals surface area contributed by atoms with Gasteiger partial charge in [-0.05, 0) is 54.6 Å². The molecule has 0 spiro atoms. The summed E-state index contributed by atoms with van der Waals surface area (Å²) < 4.78 is 67.6. The second-order valence-corrected chi connectivity index (χ2v) is 10.3. The van der Waals surface area contributed by atoms with Gasteiger partial charge in [-0.15, -0.1) is 0 Å². The molecular formula is C29H24ClF5N6O3. The number of alkyl halides is 5. The summed E-state index contributed by atoms with van der Waals surface area (Å²) in [6, 6.07) is 15.6. The predicted octanol–water partition coefficient (Wildman–Crippen LogP) is 5.49. The number of fused-ring (bicyclic) bond motifs is 1. The average Bonchev–Trinajstić information content (AvgIpc) is 3.38. The van der Waals surface area contributed by atoms with Crippen molar-refractivity contribution >= 4 is 51.7 Å². The second kappa shape index (κ2) is 12.6. The summed E-state index contributed by atoms with van der Waals surface area (Å²) in [4.78, 5) is 45.1. The minimum Gasteiger partial charge on any atom is -0.332 e. The number of hydrogen-bond acceptors (Lipinski definition) is 5. The zero-order valence-electron chi connectivity index (χ0n) is 22.7. The molecule has 3 aromatic carbocycles. The van der Waals surface area contributed by atoms with Crippen molar-refractivity contribution in [1.82, 2.24) is 19.4 Å². The minimum absolute atomic E-state index is 0.0564. The van der Waals surface area contributed by atoms with Crippen LogP contribution in [-0.2, 0) is 20.6 Å². The van der Waals surface area contributed by atoms with Gasteiger partial charge in [-0.3, -0.25) is 23.9 Å². The number of para-hydroxylation sites is 2. The highest BCUT2D eigenvalue weighted by Crippen LogP contribution is 2.36. The van der Waals surface area contributed by atoms with Crippen LogP contribution in [-0.4, -0.2) is 69.8 Å². The van der Waals surface area contributed by atoms with E-state index in [9.17, 15) is 36.3 Å². The van der Waals surface area contributed by atoms with E-state index in [0.717, 1.165) is 16.7 Å². The fourth-order valence-electron chi connectivity index (χ4n) is 4.81. The molecule has 5 rings (SSSR count). The number of hydrogen-bond donors (Lipinski definition) is 2. The number of nitrogens with zero attached hydrogens (tertiary/aromatic N) is 4. The minimum atomic E-state index is -4.67. The van der Waals surface area contributed by atoms with Crippen molar-refractivity contribution < 1.29 is 36.3 Å². The molecule has 0 radical (unpaired) electrons. The van der Waals surface area contributed by atoms with Crippen molar-refractivity contribution in [1.29, 1.82) is 0 Å². The van der Waals surface area contributed by atoms with Crippen LogP contribution in [0.4, 0.5) is 33.3 Å². The fourth-order valence-corrected chi connectivity index (χ4v) is 5.03. The van der Waals surface area contributed by atoms with Gasteiger partial charge in [0.1, 0.15) is 5.82 Å². The van der Waals surface area contributed by atoms with Gasteiger partial charge < -0.3 is 15.5 Å². The number of aromatic nitrogens is 2. The molecule has 1 fully saturated rings. The van der Waals surface area contributed by atoms with Gasteiger partial charge in [0, 0.05) is 43.1 Å². The molecule has 230 valence electrons. The average molecular weight is 635 g/mol. The quantitative estimate of drug-likeness (QED) is 0.216. The van der Waals surface area contributed by atoms with Gasteiger partial charge in [-0.2, -0.15) is 22.0 Å². The zero-order chi connectivity index (χ0) is 31.6. The normalized spacial score (nSPS) is 14.2. The van der Waals surface area contributed by atoms with E-state index < -0.39 is 41.0 Å². The second-order valence-electron chi connectivity index (χ2n) is 9.91. The van der Waals surface area contributed by atoms with E-state index >= 15 is 0 Å². The standard InChI is InChI=1S/C29H24ClF5N6O3/c30-21-10-9-19(15-20(21)29(33,34)35)36-24(42)16-39-11-13-40(14-12-39)27(44)26(43)37-18-7-5-17(6-8-18)25-38-22-3-1-2-4-23(22)41(25)28(31)32/h1-10,15,28H,11-14,16H2,(H,36,42)(H,37,43). The van der Waals surface area contributed by atoms with Gasteiger partial charge in [0.15, 0.2) is 0 Å². The third kappa shape index (κ3) is 6.81. The Morgan fingerprint density at radius 1 is 0.886 bits per heavy atom. The maximum Gasteiger partial charge on any atom is 0.417 e. The molecule has 0 unspecified atom stereocenters. The van der Waals surface area contributed by atoms with E-state index in [-0.39, 0.29) is 55.4 Å². The van der Waals surface area contributed by atoms with Gasteiger partial charge >= 0.3 is 24.5 Å². The largest absolute Gasteiger partial charge is 0.417 e. The van der Waals surface area contributed by atoms with Crippen molar-refractivity contribution in [3.63, 3.8) is 0 Å². The van der Waals surface area contributed by atoms with Crippen LogP contribution in [0.5, 0.6) is 0 Å². The number of benzene rings is 3. The number of carbonyl (C=O) groups is 3. The number of amides is 3. The molecule has 3 amide bonds. The van der Waals surface area contributed by atoms with Crippen LogP contribution in [0, 0.1) is 0 Å². The highest BCUT2D eigenvalue weighted by Gasteiger charge is 2.33. The molecule has 0 atom stereocenters. The van der Waals surface area contributed by atoms with Gasteiger partial charge in [-0.25, -0.2) is 4.98 Å². The molecule has 0 aliphatic carbocycles. The third-order valence-electron chi connectivity index (χ3n) is 6.97. The van der Waals surface area contributed by atoms with E-state index in [4.69, 9.17) is 11.6 Å². The lowest BCUT2D eigenvalue weighted by atomic mass is 10.2. The van der Waals surface area contributed by atoms with E-state index in [1.807, 2.05) is 0 Å². The molecule has 1 aliphatic heterocycles. The van der Waals surface area contributed by atoms with Crippen molar-refractivity contribution in [3.8, 4) is 11.4 Å². The van der Waals surface area contributed by atoms with Crippen LogP contribution in [0.15, 0.2) is 66.7 Å². The first-order chi connectivity index (χ1) is 20.9. The van der Waals surface area contributed by atoms with Crippen molar-refractivity contribution in [2.45, 2.75) is 12.7 Å². The Hall–Kier alpha value is -4.56. The monoisotopic (exact) mass is 634 g/mol. The molecule has 0 saturated carbocycles. The number of imidazole rings is 1. The Morgan fingerprint density at radius 2 is 1.55 bits per heavy atom. The maximum atomic E-state index is 13.8. The summed E-state index contributed by atoms with van der Waals surface area (Å²) >= 11 is 5.61. The summed E-state index contributed by atoms with van der Waals surface area (Å²) in [6.45, 7) is -2.17. The van der Waals surface area contributed by atoms with Crippen molar-refractivity contribution in [3.05, 3.63) is 77.3 Å². The molecule has 2 heterocycles. The van der Waals surface area contributed by atoms with Crippen LogP contribution < -0.4 is 10.6 Å². The van der Waals surface area contributed by atoms with Crippen LogP contribution in [0.1, 0.15) is 12.1 Å². The molecular weight excluding hydrogens is 611 g/mol. The number of carbonyl (C=O) groups excluding carboxylic acids is 3. The third-order valence-corrected chi connectivity index (χ3v) is 7.30. The molecule has 0 bridgehead atoms. The SMILES string of the molecule is O=C(CN1CCN(C(=O)C(=O)Nc2ccc(-c3nc4ccccc4n3C(F)F)cc2)CC1)Nc1ccc(Cl)c(C(F)(F)F)c1. The lowest BCUT2D eigenvalue weighted by Crippen LogP contribution is -2.52. The highest BCUT2D eigenvalue weighted by molar-refractivity contribution is 6.39. The van der Waals surface area contributed by atoms with Crippen LogP contribution in [0.2, 0.25) is 5.02 Å². The number of piperazine rings is 1. The lowest BCUT2D eigenvalue weighted by Gasteiger charge is -2.33. The lowest BCUT2D eigenvalue weighted by molar-refractivity contribution is -0.144. The molecule has 2 N–H and O–H groups in total. The predicted molar refractivity (Wildman–Crippen MR) is 153 cm³/mol. The molecule has 9 nitrogen and oxygen atoms in total. The van der Waals surface area contributed by atoms with E-state index in [0.29, 0.717) is 11.1 Å². The van der Waals surface area contributed by atoms with Crippen LogP contribution in [0.3, 0.4) is 0 Å². The van der Waals surface area contributed by atoms with E-state index in [1.54, 1.807) is 29.2 Å². The van der Waals surface area contributed by atoms with Crippen molar-refractivity contribution in [2.75, 3.05) is 43.4 Å². The number of nitrogens with one attached hydrogen (secondary N) is 2. The Kier molecular flexibility index (Phi) is 8.83. The maximum absolute atomic E-state index is 13.8. The molecule has 1 saturated heterocycles. The van der Waals surface area contributed by atoms with Gasteiger partial charge in [-0.1, -0.05) is 23.7 Å². The van der Waals surface area contributed by atoms with E-state index in [2.05, 4.69) is 15.6 Å². The zero-order valence-corrected chi connectivity index (χ0v) is 23.5. The Labute approximate surface area is 252 Å². The molecule has 1 aromatic heterocycles. The summed E-state index contributed by atoms with van der Waals surface area (Å²) in [6.07, 6.45) is -4.67. The molecule has 15 heteroatoms. The first-order valence-corrected chi connectivity index (χ1v) is 13.6. The Balaban J connectivity index is 1.13. The smallest absolute Gasteiger partial charge is 0.332 e. The first kappa shape index (κ1) is 30.9. The van der Waals surface area contributed by atoms with Crippen molar-refractivity contribution in [2.24, 2.45) is 0 Å². The summed E-state index contributed by atoms with van der Waals surface area (Å²) in [5.41, 5.74) is 0.236. The fraction of sp³-hybridized carbons (Fsp3) is 0.241. The number of rotatable bonds is 6. The number of anilines is 2. The van der Waals surface area contributed by atoms with E-state index in [1.165, 1.54) is 35.2 Å².